The first-order valence-electron chi connectivity index (χ1n) is 9.39. The van der Waals surface area contributed by atoms with Gasteiger partial charge in [0.2, 0.25) is 5.91 Å². The normalized spacial score (nSPS) is 20.8. The van der Waals surface area contributed by atoms with E-state index in [9.17, 15) is 13.2 Å². The first-order valence-corrected chi connectivity index (χ1v) is 10.9. The fourth-order valence-electron chi connectivity index (χ4n) is 4.53. The molecule has 1 aromatic carbocycles. The fraction of sp³-hybridized carbons (Fsp3) is 0.650. The number of carbonyl (C=O) groups is 1. The number of amides is 1. The number of hydrogen-bond acceptors (Lipinski definition) is 3. The summed E-state index contributed by atoms with van der Waals surface area (Å²) in [6, 6.07) is 5.69. The molecule has 25 heavy (non-hydrogen) atoms. The molecule has 0 saturated heterocycles. The minimum Gasteiger partial charge on any atom is -0.341 e. The van der Waals surface area contributed by atoms with Crippen LogP contribution in [0.1, 0.15) is 62.5 Å². The van der Waals surface area contributed by atoms with Gasteiger partial charge >= 0.3 is 0 Å². The molecule has 0 aromatic heterocycles. The summed E-state index contributed by atoms with van der Waals surface area (Å²) in [4.78, 5) is 15.5. The van der Waals surface area contributed by atoms with E-state index >= 15 is 0 Å². The SMILES string of the molecule is Cc1ccc(C)c(S(=O)(=O)C2(C(=O)N(C)C3CCCC3)CCCC2)c1. The molecule has 2 saturated carbocycles. The molecule has 2 aliphatic carbocycles. The summed E-state index contributed by atoms with van der Waals surface area (Å²) in [5.41, 5.74) is 1.64. The second kappa shape index (κ2) is 6.75. The van der Waals surface area contributed by atoms with Crippen LogP contribution in [0.4, 0.5) is 0 Å². The third-order valence-corrected chi connectivity index (χ3v) is 8.77. The van der Waals surface area contributed by atoms with E-state index in [0.717, 1.165) is 49.7 Å². The monoisotopic (exact) mass is 363 g/mol. The number of nitrogens with zero attached hydrogens (tertiary/aromatic N) is 1. The fourth-order valence-corrected chi connectivity index (χ4v) is 6.98. The van der Waals surface area contributed by atoms with Gasteiger partial charge in [-0.2, -0.15) is 0 Å². The Hall–Kier alpha value is -1.36. The molecule has 1 aromatic rings. The summed E-state index contributed by atoms with van der Waals surface area (Å²) < 4.78 is 26.0. The summed E-state index contributed by atoms with van der Waals surface area (Å²) in [5, 5.41) is 0. The molecule has 3 rings (SSSR count). The van der Waals surface area contributed by atoms with Crippen LogP contribution in [0, 0.1) is 13.8 Å². The maximum absolute atomic E-state index is 13.6. The molecule has 0 N–H and O–H groups in total. The lowest BCUT2D eigenvalue weighted by Crippen LogP contribution is -2.53. The van der Waals surface area contributed by atoms with Crippen molar-refractivity contribution in [1.82, 2.24) is 4.90 Å². The van der Waals surface area contributed by atoms with E-state index in [0.29, 0.717) is 17.7 Å². The summed E-state index contributed by atoms with van der Waals surface area (Å²) in [6.45, 7) is 3.71. The van der Waals surface area contributed by atoms with E-state index in [4.69, 9.17) is 0 Å². The minimum atomic E-state index is -3.72. The van der Waals surface area contributed by atoms with Crippen molar-refractivity contribution in [2.24, 2.45) is 0 Å². The summed E-state index contributed by atoms with van der Waals surface area (Å²) >= 11 is 0. The van der Waals surface area contributed by atoms with Crippen LogP contribution in [-0.4, -0.2) is 37.1 Å². The number of hydrogen-bond donors (Lipinski definition) is 0. The van der Waals surface area contributed by atoms with Crippen molar-refractivity contribution in [3.05, 3.63) is 29.3 Å². The molecule has 1 amide bonds. The Kier molecular flexibility index (Phi) is 4.97. The van der Waals surface area contributed by atoms with E-state index < -0.39 is 14.6 Å². The summed E-state index contributed by atoms with van der Waals surface area (Å²) in [5.74, 6) is -0.183. The average Bonchev–Trinajstić information content (AvgIpc) is 3.27. The summed E-state index contributed by atoms with van der Waals surface area (Å²) in [7, 11) is -1.92. The number of carbonyl (C=O) groups excluding carboxylic acids is 1. The van der Waals surface area contributed by atoms with E-state index in [2.05, 4.69) is 0 Å². The van der Waals surface area contributed by atoms with Crippen molar-refractivity contribution in [2.45, 2.75) is 80.9 Å². The van der Waals surface area contributed by atoms with Crippen LogP contribution in [-0.2, 0) is 14.6 Å². The Bertz CT molecular complexity index is 757. The first kappa shape index (κ1) is 18.4. The van der Waals surface area contributed by atoms with Crippen molar-refractivity contribution < 1.29 is 13.2 Å². The maximum Gasteiger partial charge on any atom is 0.244 e. The van der Waals surface area contributed by atoms with Crippen molar-refractivity contribution in [2.75, 3.05) is 7.05 Å². The Labute approximate surface area is 151 Å². The molecule has 4 nitrogen and oxygen atoms in total. The van der Waals surface area contributed by atoms with Crippen LogP contribution in [0.2, 0.25) is 0 Å². The predicted octanol–water partition coefficient (Wildman–Crippen LogP) is 3.79. The highest BCUT2D eigenvalue weighted by molar-refractivity contribution is 7.93. The first-order chi connectivity index (χ1) is 11.8. The lowest BCUT2D eigenvalue weighted by Gasteiger charge is -2.35. The van der Waals surface area contributed by atoms with Gasteiger partial charge in [-0.05, 0) is 56.7 Å². The van der Waals surface area contributed by atoms with E-state index in [1.165, 1.54) is 0 Å². The minimum absolute atomic E-state index is 0.183. The smallest absolute Gasteiger partial charge is 0.244 e. The maximum atomic E-state index is 13.6. The van der Waals surface area contributed by atoms with Gasteiger partial charge in [0.15, 0.2) is 14.6 Å². The van der Waals surface area contributed by atoms with Gasteiger partial charge in [0.05, 0.1) is 4.90 Å². The van der Waals surface area contributed by atoms with E-state index in [-0.39, 0.29) is 11.9 Å². The number of sulfone groups is 1. The Balaban J connectivity index is 2.04. The zero-order valence-electron chi connectivity index (χ0n) is 15.5. The van der Waals surface area contributed by atoms with Gasteiger partial charge in [0.25, 0.3) is 0 Å². The number of benzene rings is 1. The van der Waals surface area contributed by atoms with Gasteiger partial charge in [-0.3, -0.25) is 4.79 Å². The van der Waals surface area contributed by atoms with Gasteiger partial charge in [0.1, 0.15) is 0 Å². The van der Waals surface area contributed by atoms with E-state index in [1.807, 2.05) is 26.0 Å². The largest absolute Gasteiger partial charge is 0.341 e. The van der Waals surface area contributed by atoms with Crippen molar-refractivity contribution in [3.8, 4) is 0 Å². The molecule has 2 fully saturated rings. The number of aryl methyl sites for hydroxylation is 2. The zero-order valence-corrected chi connectivity index (χ0v) is 16.4. The molecule has 0 radical (unpaired) electrons. The zero-order chi connectivity index (χ0) is 18.2. The van der Waals surface area contributed by atoms with Crippen LogP contribution >= 0.6 is 0 Å². The molecule has 0 spiro atoms. The van der Waals surface area contributed by atoms with Crippen LogP contribution < -0.4 is 0 Å². The van der Waals surface area contributed by atoms with Gasteiger partial charge < -0.3 is 4.90 Å². The third kappa shape index (κ3) is 3.01. The molecule has 2 aliphatic rings. The lowest BCUT2D eigenvalue weighted by atomic mass is 10.0. The Morgan fingerprint density at radius 2 is 1.68 bits per heavy atom. The quantitative estimate of drug-likeness (QED) is 0.818. The molecule has 0 bridgehead atoms. The molecular formula is C20H29NO3S. The van der Waals surface area contributed by atoms with Crippen LogP contribution in [0.15, 0.2) is 23.1 Å². The van der Waals surface area contributed by atoms with Crippen LogP contribution in [0.5, 0.6) is 0 Å². The van der Waals surface area contributed by atoms with Crippen LogP contribution in [0.25, 0.3) is 0 Å². The van der Waals surface area contributed by atoms with Crippen LogP contribution in [0.3, 0.4) is 0 Å². The van der Waals surface area contributed by atoms with E-state index in [1.54, 1.807) is 18.0 Å². The second-order valence-corrected chi connectivity index (χ2v) is 10.1. The summed E-state index contributed by atoms with van der Waals surface area (Å²) in [6.07, 6.45) is 6.71. The Morgan fingerprint density at radius 3 is 2.28 bits per heavy atom. The highest BCUT2D eigenvalue weighted by atomic mass is 32.2. The molecule has 0 atom stereocenters. The Morgan fingerprint density at radius 1 is 1.08 bits per heavy atom. The topological polar surface area (TPSA) is 54.5 Å². The van der Waals surface area contributed by atoms with Crippen molar-refractivity contribution in [1.29, 1.82) is 0 Å². The lowest BCUT2D eigenvalue weighted by molar-refractivity contribution is -0.134. The van der Waals surface area contributed by atoms with Gasteiger partial charge in [-0.1, -0.05) is 37.8 Å². The van der Waals surface area contributed by atoms with Crippen molar-refractivity contribution in [3.63, 3.8) is 0 Å². The highest BCUT2D eigenvalue weighted by Gasteiger charge is 2.55. The molecule has 138 valence electrons. The molecule has 5 heteroatoms. The molecule has 0 unspecified atom stereocenters. The van der Waals surface area contributed by atoms with Gasteiger partial charge in [0, 0.05) is 13.1 Å². The van der Waals surface area contributed by atoms with Crippen molar-refractivity contribution >= 4 is 15.7 Å². The second-order valence-electron chi connectivity index (χ2n) is 7.83. The standard InChI is InChI=1S/C20H29NO3S/c1-15-10-11-16(2)18(14-15)25(23,24)20(12-6-7-13-20)19(22)21(3)17-8-4-5-9-17/h10-11,14,17H,4-9,12-13H2,1-3H3. The number of rotatable bonds is 4. The molecule has 0 heterocycles. The molecule has 0 aliphatic heterocycles. The predicted molar refractivity (Wildman–Crippen MR) is 99.3 cm³/mol. The highest BCUT2D eigenvalue weighted by Crippen LogP contribution is 2.43. The molecular weight excluding hydrogens is 334 g/mol. The third-order valence-electron chi connectivity index (χ3n) is 6.14. The van der Waals surface area contributed by atoms with Gasteiger partial charge in [-0.25, -0.2) is 8.42 Å². The average molecular weight is 364 g/mol. The van der Waals surface area contributed by atoms with Gasteiger partial charge in [-0.15, -0.1) is 0 Å².